The van der Waals surface area contributed by atoms with Crippen molar-refractivity contribution >= 4 is 28.8 Å². The number of allylic oxidation sites excluding steroid dienone is 2. The van der Waals surface area contributed by atoms with Crippen LogP contribution in [0.1, 0.15) is 5.56 Å². The van der Waals surface area contributed by atoms with Crippen LogP contribution in [-0.4, -0.2) is 25.7 Å². The quantitative estimate of drug-likeness (QED) is 0.840. The smallest absolute Gasteiger partial charge is 0.225 e. The summed E-state index contributed by atoms with van der Waals surface area (Å²) >= 11 is 12.5. The lowest BCUT2D eigenvalue weighted by Crippen LogP contribution is -2.69. The van der Waals surface area contributed by atoms with E-state index in [0.29, 0.717) is 5.57 Å². The predicted octanol–water partition coefficient (Wildman–Crippen LogP) is 2.38. The van der Waals surface area contributed by atoms with Crippen LogP contribution < -0.4 is 11.5 Å². The maximum absolute atomic E-state index is 6.30. The van der Waals surface area contributed by atoms with Crippen molar-refractivity contribution in [1.29, 1.82) is 0 Å². The fourth-order valence-electron chi connectivity index (χ4n) is 2.19. The molecule has 0 spiro atoms. The Hall–Kier alpha value is -0.880. The second kappa shape index (κ2) is 5.48. The Bertz CT molecular complexity index is 564. The van der Waals surface area contributed by atoms with Crippen molar-refractivity contribution in [2.75, 3.05) is 14.2 Å². The Morgan fingerprint density at radius 1 is 1.00 bits per heavy atom. The van der Waals surface area contributed by atoms with Gasteiger partial charge in [-0.05, 0) is 11.6 Å². The fourth-order valence-corrected chi connectivity index (χ4v) is 2.75. The zero-order chi connectivity index (χ0) is 15.0. The highest BCUT2D eigenvalue weighted by Gasteiger charge is 2.52. The lowest BCUT2D eigenvalue weighted by atomic mass is 9.88. The van der Waals surface area contributed by atoms with E-state index < -0.39 is 11.4 Å². The lowest BCUT2D eigenvalue weighted by Gasteiger charge is -2.44. The molecule has 4 N–H and O–H groups in total. The summed E-state index contributed by atoms with van der Waals surface area (Å²) in [7, 11) is 2.89. The van der Waals surface area contributed by atoms with Crippen molar-refractivity contribution in [3.63, 3.8) is 0 Å². The molecule has 2 rings (SSSR count). The highest BCUT2D eigenvalue weighted by molar-refractivity contribution is 6.45. The highest BCUT2D eigenvalue weighted by atomic mass is 35.5. The number of nitrogens with two attached hydrogens (primary N) is 2. The maximum atomic E-state index is 6.30. The summed E-state index contributed by atoms with van der Waals surface area (Å²) in [6.07, 6.45) is 1.65. The number of benzene rings is 1. The number of hydrogen-bond acceptors (Lipinski definition) is 4. The van der Waals surface area contributed by atoms with Gasteiger partial charge in [0.05, 0.1) is 10.1 Å². The molecule has 0 bridgehead atoms. The van der Waals surface area contributed by atoms with Crippen molar-refractivity contribution < 1.29 is 9.47 Å². The molecule has 1 aliphatic rings. The van der Waals surface area contributed by atoms with Crippen LogP contribution in [0.15, 0.2) is 46.5 Å². The van der Waals surface area contributed by atoms with E-state index in [0.717, 1.165) is 5.56 Å². The second-order valence-electron chi connectivity index (χ2n) is 4.50. The first kappa shape index (κ1) is 15.5. The molecule has 0 atom stereocenters. The molecule has 0 aliphatic heterocycles. The molecule has 0 heterocycles. The van der Waals surface area contributed by atoms with E-state index in [1.54, 1.807) is 6.08 Å². The Morgan fingerprint density at radius 2 is 1.55 bits per heavy atom. The number of rotatable bonds is 3. The number of methoxy groups -OCH3 is 2. The van der Waals surface area contributed by atoms with Gasteiger partial charge in [0.1, 0.15) is 0 Å². The van der Waals surface area contributed by atoms with Crippen LogP contribution in [0.3, 0.4) is 0 Å². The van der Waals surface area contributed by atoms with Gasteiger partial charge in [-0.1, -0.05) is 53.5 Å². The minimum absolute atomic E-state index is 0.0872. The molecular formula is C14H16Cl2N2O2. The summed E-state index contributed by atoms with van der Waals surface area (Å²) in [5.41, 5.74) is 12.1. The largest absolute Gasteiger partial charge is 0.347 e. The van der Waals surface area contributed by atoms with Gasteiger partial charge in [-0.25, -0.2) is 0 Å². The zero-order valence-electron chi connectivity index (χ0n) is 11.2. The number of hydrogen-bond donors (Lipinski definition) is 2. The van der Waals surface area contributed by atoms with Gasteiger partial charge >= 0.3 is 0 Å². The first-order valence-electron chi connectivity index (χ1n) is 5.92. The SMILES string of the molecule is COC1(OC)C=C(c2ccccc2)C(Cl)=C(Cl)C1(N)N. The van der Waals surface area contributed by atoms with E-state index in [1.807, 2.05) is 30.3 Å². The minimum atomic E-state index is -1.58. The molecule has 6 heteroatoms. The molecule has 0 fully saturated rings. The highest BCUT2D eigenvalue weighted by Crippen LogP contribution is 2.44. The summed E-state index contributed by atoms with van der Waals surface area (Å²) in [5, 5.41) is 0.372. The zero-order valence-corrected chi connectivity index (χ0v) is 12.7. The van der Waals surface area contributed by atoms with Crippen LogP contribution in [0.2, 0.25) is 0 Å². The van der Waals surface area contributed by atoms with Gasteiger partial charge in [0.15, 0.2) is 5.66 Å². The van der Waals surface area contributed by atoms with Crippen molar-refractivity contribution in [3.05, 3.63) is 52.0 Å². The Morgan fingerprint density at radius 3 is 2.05 bits per heavy atom. The molecule has 0 unspecified atom stereocenters. The van der Waals surface area contributed by atoms with Gasteiger partial charge in [-0.15, -0.1) is 0 Å². The summed E-state index contributed by atoms with van der Waals surface area (Å²) in [6, 6.07) is 9.48. The normalized spacial score (nSPS) is 20.8. The Labute approximate surface area is 127 Å². The molecule has 108 valence electrons. The van der Waals surface area contributed by atoms with Crippen LogP contribution in [-0.2, 0) is 9.47 Å². The molecule has 20 heavy (non-hydrogen) atoms. The first-order chi connectivity index (χ1) is 9.39. The third-order valence-corrected chi connectivity index (χ3v) is 4.39. The molecule has 1 aromatic rings. The van der Waals surface area contributed by atoms with Gasteiger partial charge in [-0.2, -0.15) is 0 Å². The van der Waals surface area contributed by atoms with E-state index in [2.05, 4.69) is 0 Å². The summed E-state index contributed by atoms with van der Waals surface area (Å²) in [6.45, 7) is 0. The summed E-state index contributed by atoms with van der Waals surface area (Å²) in [4.78, 5) is 0. The van der Waals surface area contributed by atoms with E-state index in [-0.39, 0.29) is 10.1 Å². The van der Waals surface area contributed by atoms with Crippen molar-refractivity contribution in [1.82, 2.24) is 0 Å². The average molecular weight is 315 g/mol. The topological polar surface area (TPSA) is 70.5 Å². The van der Waals surface area contributed by atoms with Crippen LogP contribution in [0, 0.1) is 0 Å². The molecule has 0 radical (unpaired) electrons. The third kappa shape index (κ3) is 2.19. The summed E-state index contributed by atoms with van der Waals surface area (Å²) in [5.74, 6) is -1.40. The van der Waals surface area contributed by atoms with Crippen molar-refractivity contribution in [2.45, 2.75) is 11.4 Å². The van der Waals surface area contributed by atoms with Gasteiger partial charge in [0.25, 0.3) is 0 Å². The molecule has 1 aliphatic carbocycles. The molecule has 0 amide bonds. The number of halogens is 2. The molecule has 4 nitrogen and oxygen atoms in total. The Balaban J connectivity index is 2.66. The predicted molar refractivity (Wildman–Crippen MR) is 81.0 cm³/mol. The van der Waals surface area contributed by atoms with Crippen molar-refractivity contribution in [3.8, 4) is 0 Å². The molecule has 0 aromatic heterocycles. The minimum Gasteiger partial charge on any atom is -0.347 e. The van der Waals surface area contributed by atoms with Crippen LogP contribution in [0.5, 0.6) is 0 Å². The Kier molecular flexibility index (Phi) is 4.25. The number of ether oxygens (including phenoxy) is 2. The van der Waals surface area contributed by atoms with Gasteiger partial charge < -0.3 is 20.9 Å². The molecule has 1 aromatic carbocycles. The van der Waals surface area contributed by atoms with E-state index in [1.165, 1.54) is 14.2 Å². The standard InChI is InChI=1S/C14H16Cl2N2O2/c1-19-13(20-2)8-10(9-6-4-3-5-7-9)11(15)12(16)14(13,17)18/h3-8H,17-18H2,1-2H3. The van der Waals surface area contributed by atoms with Crippen LogP contribution in [0.4, 0.5) is 0 Å². The van der Waals surface area contributed by atoms with Crippen LogP contribution in [0.25, 0.3) is 5.57 Å². The van der Waals surface area contributed by atoms with Crippen molar-refractivity contribution in [2.24, 2.45) is 11.5 Å². The van der Waals surface area contributed by atoms with Gasteiger partial charge in [-0.3, -0.25) is 0 Å². The third-order valence-electron chi connectivity index (χ3n) is 3.39. The fraction of sp³-hybridized carbons (Fsp3) is 0.286. The average Bonchev–Trinajstić information content (AvgIpc) is 2.47. The van der Waals surface area contributed by atoms with Gasteiger partial charge in [0, 0.05) is 19.8 Å². The monoisotopic (exact) mass is 314 g/mol. The van der Waals surface area contributed by atoms with E-state index in [4.69, 9.17) is 44.1 Å². The first-order valence-corrected chi connectivity index (χ1v) is 6.67. The lowest BCUT2D eigenvalue weighted by molar-refractivity contribution is -0.202. The van der Waals surface area contributed by atoms with Crippen LogP contribution >= 0.6 is 23.2 Å². The van der Waals surface area contributed by atoms with E-state index >= 15 is 0 Å². The molecule has 0 saturated carbocycles. The maximum Gasteiger partial charge on any atom is 0.225 e. The molecular weight excluding hydrogens is 299 g/mol. The summed E-state index contributed by atoms with van der Waals surface area (Å²) < 4.78 is 10.8. The molecule has 0 saturated heterocycles. The van der Waals surface area contributed by atoms with Gasteiger partial charge in [0.2, 0.25) is 5.79 Å². The second-order valence-corrected chi connectivity index (χ2v) is 5.25. The van der Waals surface area contributed by atoms with E-state index in [9.17, 15) is 0 Å².